The van der Waals surface area contributed by atoms with Gasteiger partial charge < -0.3 is 4.74 Å². The van der Waals surface area contributed by atoms with Gasteiger partial charge in [-0.15, -0.1) is 0 Å². The minimum absolute atomic E-state index is 0.0698. The van der Waals surface area contributed by atoms with E-state index in [4.69, 9.17) is 4.74 Å². The lowest BCUT2D eigenvalue weighted by molar-refractivity contribution is -0.140. The molecular formula is C16H32O2S. The summed E-state index contributed by atoms with van der Waals surface area (Å²) in [4.78, 5) is 11.1. The number of carbonyl (C=O) groups excluding carboxylic acids is 1. The Morgan fingerprint density at radius 3 is 1.79 bits per heavy atom. The monoisotopic (exact) mass is 288 g/mol. The highest BCUT2D eigenvalue weighted by Crippen LogP contribution is 2.11. The van der Waals surface area contributed by atoms with E-state index in [1.807, 2.05) is 6.26 Å². The predicted molar refractivity (Wildman–Crippen MR) is 85.8 cm³/mol. The van der Waals surface area contributed by atoms with E-state index in [0.717, 1.165) is 6.42 Å². The summed E-state index contributed by atoms with van der Waals surface area (Å²) < 4.78 is 5.11. The van der Waals surface area contributed by atoms with Crippen LogP contribution in [-0.2, 0) is 9.53 Å². The van der Waals surface area contributed by atoms with Crippen molar-refractivity contribution in [3.8, 4) is 0 Å². The largest absolute Gasteiger partial charge is 0.465 e. The third-order valence-corrected chi connectivity index (χ3v) is 3.80. The molecule has 0 N–H and O–H groups in total. The van der Waals surface area contributed by atoms with Crippen LogP contribution in [0.2, 0.25) is 0 Å². The van der Waals surface area contributed by atoms with Gasteiger partial charge in [-0.3, -0.25) is 4.79 Å². The standard InChI is InChI=1S/C16H32O2S/c1-3-4-5-6-7-8-9-10-11-12-13-14-18-16(17)15-19-2/h3-15H2,1-2H3. The molecule has 2 nitrogen and oxygen atoms in total. The van der Waals surface area contributed by atoms with Crippen molar-refractivity contribution in [2.75, 3.05) is 18.6 Å². The molecule has 0 aromatic heterocycles. The molecule has 0 rings (SSSR count). The molecule has 0 aromatic carbocycles. The molecule has 0 saturated heterocycles. The minimum atomic E-state index is -0.0698. The number of thioether (sulfide) groups is 1. The zero-order chi connectivity index (χ0) is 14.2. The summed E-state index contributed by atoms with van der Waals surface area (Å²) in [7, 11) is 0. The van der Waals surface area contributed by atoms with E-state index in [9.17, 15) is 4.79 Å². The normalized spacial score (nSPS) is 10.6. The molecule has 0 amide bonds. The van der Waals surface area contributed by atoms with Gasteiger partial charge in [0.15, 0.2) is 0 Å². The van der Waals surface area contributed by atoms with Crippen LogP contribution < -0.4 is 0 Å². The second kappa shape index (κ2) is 15.9. The lowest BCUT2D eigenvalue weighted by Crippen LogP contribution is -2.07. The van der Waals surface area contributed by atoms with Gasteiger partial charge in [0.1, 0.15) is 0 Å². The molecule has 0 radical (unpaired) electrons. The third kappa shape index (κ3) is 15.8. The minimum Gasteiger partial charge on any atom is -0.465 e. The van der Waals surface area contributed by atoms with Crippen LogP contribution in [-0.4, -0.2) is 24.6 Å². The van der Waals surface area contributed by atoms with Gasteiger partial charge in [0, 0.05) is 0 Å². The molecule has 0 unspecified atom stereocenters. The summed E-state index contributed by atoms with van der Waals surface area (Å²) in [6.45, 7) is 2.87. The van der Waals surface area contributed by atoms with Crippen molar-refractivity contribution in [1.29, 1.82) is 0 Å². The maximum Gasteiger partial charge on any atom is 0.315 e. The fraction of sp³-hybridized carbons (Fsp3) is 0.938. The Balaban J connectivity index is 3.01. The Bertz CT molecular complexity index is 195. The molecule has 0 saturated carbocycles. The van der Waals surface area contributed by atoms with Crippen LogP contribution in [0.15, 0.2) is 0 Å². The number of carbonyl (C=O) groups is 1. The van der Waals surface area contributed by atoms with Crippen LogP contribution in [0.25, 0.3) is 0 Å². The topological polar surface area (TPSA) is 26.3 Å². The summed E-state index contributed by atoms with van der Waals surface area (Å²) in [5.74, 6) is 0.414. The first-order valence-electron chi connectivity index (χ1n) is 7.95. The van der Waals surface area contributed by atoms with E-state index in [1.54, 1.807) is 0 Å². The molecule has 0 aliphatic heterocycles. The molecule has 0 aromatic rings. The van der Waals surface area contributed by atoms with Gasteiger partial charge in [-0.2, -0.15) is 11.8 Å². The summed E-state index contributed by atoms with van der Waals surface area (Å²) in [6.07, 6.45) is 16.5. The van der Waals surface area contributed by atoms with E-state index in [0.29, 0.717) is 12.4 Å². The first kappa shape index (κ1) is 18.8. The van der Waals surface area contributed by atoms with Crippen molar-refractivity contribution in [3.63, 3.8) is 0 Å². The van der Waals surface area contributed by atoms with Crippen molar-refractivity contribution in [3.05, 3.63) is 0 Å². The van der Waals surface area contributed by atoms with Crippen molar-refractivity contribution in [1.82, 2.24) is 0 Å². The lowest BCUT2D eigenvalue weighted by atomic mass is 10.1. The van der Waals surface area contributed by atoms with Gasteiger partial charge in [-0.05, 0) is 12.7 Å². The van der Waals surface area contributed by atoms with E-state index in [-0.39, 0.29) is 5.97 Å². The molecule has 114 valence electrons. The average molecular weight is 288 g/mol. The lowest BCUT2D eigenvalue weighted by Gasteiger charge is -2.04. The summed E-state index contributed by atoms with van der Waals surface area (Å²) in [6, 6.07) is 0. The van der Waals surface area contributed by atoms with E-state index in [1.165, 1.54) is 76.0 Å². The second-order valence-electron chi connectivity index (χ2n) is 5.19. The predicted octanol–water partition coefficient (Wildman–Crippen LogP) is 5.20. The Morgan fingerprint density at radius 1 is 0.842 bits per heavy atom. The Morgan fingerprint density at radius 2 is 1.32 bits per heavy atom. The van der Waals surface area contributed by atoms with Crippen LogP contribution in [0.1, 0.15) is 77.6 Å². The van der Waals surface area contributed by atoms with Crippen molar-refractivity contribution < 1.29 is 9.53 Å². The van der Waals surface area contributed by atoms with Crippen LogP contribution >= 0.6 is 11.8 Å². The third-order valence-electron chi connectivity index (χ3n) is 3.27. The van der Waals surface area contributed by atoms with Gasteiger partial charge in [-0.25, -0.2) is 0 Å². The molecule has 0 fully saturated rings. The number of hydrogen-bond acceptors (Lipinski definition) is 3. The summed E-state index contributed by atoms with van der Waals surface area (Å²) in [5, 5.41) is 0. The fourth-order valence-electron chi connectivity index (χ4n) is 2.11. The Kier molecular flexibility index (Phi) is 15.7. The number of ether oxygens (including phenoxy) is 1. The fourth-order valence-corrected chi connectivity index (χ4v) is 2.43. The van der Waals surface area contributed by atoms with Crippen molar-refractivity contribution in [2.45, 2.75) is 77.6 Å². The van der Waals surface area contributed by atoms with Gasteiger partial charge in [0.25, 0.3) is 0 Å². The van der Waals surface area contributed by atoms with Gasteiger partial charge in [0.05, 0.1) is 12.4 Å². The smallest absolute Gasteiger partial charge is 0.315 e. The number of hydrogen-bond donors (Lipinski definition) is 0. The van der Waals surface area contributed by atoms with Gasteiger partial charge in [-0.1, -0.05) is 71.1 Å². The molecular weight excluding hydrogens is 256 g/mol. The molecule has 0 bridgehead atoms. The van der Waals surface area contributed by atoms with Crippen LogP contribution in [0.5, 0.6) is 0 Å². The van der Waals surface area contributed by atoms with Crippen LogP contribution in [0, 0.1) is 0 Å². The molecule has 0 aliphatic carbocycles. The van der Waals surface area contributed by atoms with E-state index >= 15 is 0 Å². The molecule has 0 atom stereocenters. The first-order chi connectivity index (χ1) is 9.31. The first-order valence-corrected chi connectivity index (χ1v) is 9.35. The van der Waals surface area contributed by atoms with Crippen molar-refractivity contribution >= 4 is 17.7 Å². The van der Waals surface area contributed by atoms with Crippen LogP contribution in [0.4, 0.5) is 0 Å². The average Bonchev–Trinajstić information content (AvgIpc) is 2.40. The Hall–Kier alpha value is -0.180. The van der Waals surface area contributed by atoms with E-state index < -0.39 is 0 Å². The molecule has 0 spiro atoms. The highest BCUT2D eigenvalue weighted by Gasteiger charge is 1.99. The molecule has 0 aliphatic rings. The zero-order valence-electron chi connectivity index (χ0n) is 12.9. The number of rotatable bonds is 14. The van der Waals surface area contributed by atoms with E-state index in [2.05, 4.69) is 6.92 Å². The molecule has 3 heteroatoms. The summed E-state index contributed by atoms with van der Waals surface area (Å²) in [5.41, 5.74) is 0. The quantitative estimate of drug-likeness (QED) is 0.324. The molecule has 19 heavy (non-hydrogen) atoms. The zero-order valence-corrected chi connectivity index (χ0v) is 13.7. The number of unbranched alkanes of at least 4 members (excludes halogenated alkanes) is 10. The second-order valence-corrected chi connectivity index (χ2v) is 6.06. The highest BCUT2D eigenvalue weighted by atomic mass is 32.2. The maximum absolute atomic E-state index is 11.1. The molecule has 0 heterocycles. The summed E-state index contributed by atoms with van der Waals surface area (Å²) >= 11 is 1.52. The SMILES string of the molecule is CCCCCCCCCCCCCOC(=O)CSC. The van der Waals surface area contributed by atoms with Crippen molar-refractivity contribution in [2.24, 2.45) is 0 Å². The van der Waals surface area contributed by atoms with Gasteiger partial charge in [0.2, 0.25) is 0 Å². The Labute approximate surface area is 124 Å². The number of esters is 1. The maximum atomic E-state index is 11.1. The van der Waals surface area contributed by atoms with Crippen LogP contribution in [0.3, 0.4) is 0 Å². The highest BCUT2D eigenvalue weighted by molar-refractivity contribution is 7.99. The van der Waals surface area contributed by atoms with Gasteiger partial charge >= 0.3 is 5.97 Å².